The summed E-state index contributed by atoms with van der Waals surface area (Å²) < 4.78 is 0. The number of fused-ring (bicyclic) bond motifs is 3. The zero-order valence-corrected chi connectivity index (χ0v) is 13.8. The van der Waals surface area contributed by atoms with Gasteiger partial charge in [-0.1, -0.05) is 18.2 Å². The van der Waals surface area contributed by atoms with Gasteiger partial charge in [0.15, 0.2) is 0 Å². The molecule has 1 aliphatic heterocycles. The quantitative estimate of drug-likeness (QED) is 0.765. The molecular weight excluding hydrogens is 282 g/mol. The van der Waals surface area contributed by atoms with Crippen molar-refractivity contribution in [2.45, 2.75) is 39.2 Å². The lowest BCUT2D eigenvalue weighted by molar-refractivity contribution is 0.479. The number of alkyl halides is 1. The van der Waals surface area contributed by atoms with Crippen molar-refractivity contribution in [1.82, 2.24) is 0 Å². The third kappa shape index (κ3) is 2.17. The molecule has 3 heteroatoms. The fourth-order valence-corrected chi connectivity index (χ4v) is 3.71. The fourth-order valence-electron chi connectivity index (χ4n) is 3.46. The van der Waals surface area contributed by atoms with Gasteiger partial charge >= 0.3 is 0 Å². The van der Waals surface area contributed by atoms with Gasteiger partial charge in [-0.05, 0) is 44.2 Å². The van der Waals surface area contributed by atoms with Crippen molar-refractivity contribution in [3.8, 4) is 5.75 Å². The van der Waals surface area contributed by atoms with Crippen LogP contribution in [0.4, 0.5) is 5.69 Å². The third-order valence-electron chi connectivity index (χ3n) is 4.47. The van der Waals surface area contributed by atoms with E-state index in [1.807, 2.05) is 18.2 Å². The molecule has 0 aliphatic carbocycles. The van der Waals surface area contributed by atoms with E-state index >= 15 is 0 Å². The van der Waals surface area contributed by atoms with Crippen LogP contribution >= 0.6 is 11.6 Å². The summed E-state index contributed by atoms with van der Waals surface area (Å²) in [6.07, 6.45) is 0. The lowest BCUT2D eigenvalue weighted by Gasteiger charge is -2.35. The van der Waals surface area contributed by atoms with E-state index in [-0.39, 0.29) is 5.54 Å². The maximum absolute atomic E-state index is 10.4. The van der Waals surface area contributed by atoms with Crippen LogP contribution in [0.15, 0.2) is 24.3 Å². The Kier molecular flexibility index (Phi) is 3.32. The number of rotatable bonds is 1. The molecule has 1 heterocycles. The minimum Gasteiger partial charge on any atom is -0.507 e. The Morgan fingerprint density at radius 2 is 2.05 bits per heavy atom. The van der Waals surface area contributed by atoms with E-state index in [0.717, 1.165) is 17.6 Å². The number of anilines is 1. The Hall–Kier alpha value is -1.41. The zero-order valence-electron chi connectivity index (χ0n) is 13.1. The first-order chi connectivity index (χ1) is 9.84. The molecule has 0 spiro atoms. The monoisotopic (exact) mass is 303 g/mol. The predicted octanol–water partition coefficient (Wildman–Crippen LogP) is 4.79. The van der Waals surface area contributed by atoms with Gasteiger partial charge in [0.05, 0.1) is 0 Å². The van der Waals surface area contributed by atoms with Crippen molar-refractivity contribution in [3.63, 3.8) is 0 Å². The Labute approximate surface area is 131 Å². The normalized spacial score (nSPS) is 18.3. The summed E-state index contributed by atoms with van der Waals surface area (Å²) in [6.45, 7) is 9.62. The number of hydrogen-bond acceptors (Lipinski definition) is 2. The molecule has 2 nitrogen and oxygen atoms in total. The van der Waals surface area contributed by atoms with Crippen LogP contribution < -0.4 is 4.90 Å². The number of hydrogen-bond donors (Lipinski definition) is 1. The molecule has 0 aromatic heterocycles. The molecule has 0 bridgehead atoms. The molecule has 1 N–H and O–H groups in total. The highest BCUT2D eigenvalue weighted by molar-refractivity contribution is 6.19. The molecule has 0 saturated carbocycles. The van der Waals surface area contributed by atoms with Crippen molar-refractivity contribution in [2.75, 3.05) is 17.3 Å². The second-order valence-corrected chi connectivity index (χ2v) is 7.27. The first-order valence-electron chi connectivity index (χ1n) is 7.43. The molecule has 112 valence electrons. The number of aryl methyl sites for hydroxylation is 1. The molecule has 0 radical (unpaired) electrons. The van der Waals surface area contributed by atoms with Gasteiger partial charge in [0.1, 0.15) is 5.75 Å². The number of phenols is 1. The van der Waals surface area contributed by atoms with Crippen LogP contribution in [0.1, 0.15) is 37.8 Å². The van der Waals surface area contributed by atoms with Gasteiger partial charge in [-0.3, -0.25) is 0 Å². The summed E-state index contributed by atoms with van der Waals surface area (Å²) in [5.41, 5.74) is 3.64. The minimum absolute atomic E-state index is 0.0123. The van der Waals surface area contributed by atoms with Crippen molar-refractivity contribution >= 4 is 28.1 Å². The number of halogens is 1. The lowest BCUT2D eigenvalue weighted by atomic mass is 9.92. The van der Waals surface area contributed by atoms with Crippen LogP contribution in [-0.4, -0.2) is 23.1 Å². The van der Waals surface area contributed by atoms with E-state index in [1.165, 1.54) is 16.5 Å². The second kappa shape index (κ2) is 4.81. The predicted molar refractivity (Wildman–Crippen MR) is 90.9 cm³/mol. The Morgan fingerprint density at radius 3 is 2.67 bits per heavy atom. The SMILES string of the molecule is Cc1cccc2c(O)cc3c(c12)[C@H](CCl)CN3C(C)(C)C. The molecule has 2 aromatic carbocycles. The summed E-state index contributed by atoms with van der Waals surface area (Å²) in [5, 5.41) is 12.5. The van der Waals surface area contributed by atoms with E-state index in [1.54, 1.807) is 0 Å². The van der Waals surface area contributed by atoms with E-state index < -0.39 is 0 Å². The summed E-state index contributed by atoms with van der Waals surface area (Å²) in [7, 11) is 0. The third-order valence-corrected chi connectivity index (χ3v) is 4.84. The van der Waals surface area contributed by atoms with E-state index in [4.69, 9.17) is 11.6 Å². The molecule has 0 fully saturated rings. The minimum atomic E-state index is 0.0123. The standard InChI is InChI=1S/C18H22ClNO/c1-11-6-5-7-13-15(21)8-14-17(16(11)13)12(9-19)10-20(14)18(2,3)4/h5-8,12,21H,9-10H2,1-4H3/t12-/m1/s1. The largest absolute Gasteiger partial charge is 0.507 e. The van der Waals surface area contributed by atoms with Crippen LogP contribution in [0.3, 0.4) is 0 Å². The van der Waals surface area contributed by atoms with Crippen LogP contribution in [0.5, 0.6) is 5.75 Å². The average molecular weight is 304 g/mol. The van der Waals surface area contributed by atoms with Gasteiger partial charge in [-0.15, -0.1) is 11.6 Å². The summed E-state index contributed by atoms with van der Waals surface area (Å²) in [6, 6.07) is 8.00. The van der Waals surface area contributed by atoms with E-state index in [2.05, 4.69) is 38.7 Å². The van der Waals surface area contributed by atoms with Gasteiger partial charge in [-0.2, -0.15) is 0 Å². The fraction of sp³-hybridized carbons (Fsp3) is 0.444. The van der Waals surface area contributed by atoms with Crippen LogP contribution in [0.2, 0.25) is 0 Å². The number of aromatic hydroxyl groups is 1. The molecule has 2 aromatic rings. The van der Waals surface area contributed by atoms with Gasteiger partial charge in [0.2, 0.25) is 0 Å². The Morgan fingerprint density at radius 1 is 1.33 bits per heavy atom. The van der Waals surface area contributed by atoms with E-state index in [0.29, 0.717) is 17.5 Å². The highest BCUT2D eigenvalue weighted by Crippen LogP contribution is 2.48. The molecule has 3 rings (SSSR count). The van der Waals surface area contributed by atoms with Crippen LogP contribution in [0, 0.1) is 6.92 Å². The number of nitrogens with zero attached hydrogens (tertiary/aromatic N) is 1. The first-order valence-corrected chi connectivity index (χ1v) is 7.97. The van der Waals surface area contributed by atoms with Crippen molar-refractivity contribution in [1.29, 1.82) is 0 Å². The molecule has 1 atom stereocenters. The molecular formula is C18H22ClNO. The highest BCUT2D eigenvalue weighted by atomic mass is 35.5. The lowest BCUT2D eigenvalue weighted by Crippen LogP contribution is -2.40. The van der Waals surface area contributed by atoms with E-state index in [9.17, 15) is 5.11 Å². The summed E-state index contributed by atoms with van der Waals surface area (Å²) in [4.78, 5) is 2.36. The molecule has 21 heavy (non-hydrogen) atoms. The number of phenolic OH excluding ortho intramolecular Hbond substituents is 1. The highest BCUT2D eigenvalue weighted by Gasteiger charge is 2.36. The maximum atomic E-state index is 10.4. The van der Waals surface area contributed by atoms with Crippen molar-refractivity contribution < 1.29 is 5.11 Å². The molecule has 1 aliphatic rings. The topological polar surface area (TPSA) is 23.5 Å². The number of benzene rings is 2. The zero-order chi connectivity index (χ0) is 15.4. The summed E-state index contributed by atoms with van der Waals surface area (Å²) in [5.74, 6) is 1.27. The van der Waals surface area contributed by atoms with Crippen LogP contribution in [-0.2, 0) is 0 Å². The molecule has 0 amide bonds. The van der Waals surface area contributed by atoms with Gasteiger partial charge in [0.25, 0.3) is 0 Å². The molecule has 0 unspecified atom stereocenters. The van der Waals surface area contributed by atoms with Gasteiger partial charge in [0, 0.05) is 41.0 Å². The average Bonchev–Trinajstić information content (AvgIpc) is 2.77. The first kappa shape index (κ1) is 14.5. The Bertz CT molecular complexity index is 702. The summed E-state index contributed by atoms with van der Waals surface area (Å²) >= 11 is 6.25. The van der Waals surface area contributed by atoms with Gasteiger partial charge in [-0.25, -0.2) is 0 Å². The van der Waals surface area contributed by atoms with Crippen molar-refractivity contribution in [3.05, 3.63) is 35.4 Å². The van der Waals surface area contributed by atoms with Crippen molar-refractivity contribution in [2.24, 2.45) is 0 Å². The second-order valence-electron chi connectivity index (χ2n) is 6.96. The smallest absolute Gasteiger partial charge is 0.125 e. The van der Waals surface area contributed by atoms with Crippen LogP contribution in [0.25, 0.3) is 10.8 Å². The Balaban J connectivity index is 2.37. The van der Waals surface area contributed by atoms with Gasteiger partial charge < -0.3 is 10.0 Å². The molecule has 0 saturated heterocycles. The maximum Gasteiger partial charge on any atom is 0.125 e.